The summed E-state index contributed by atoms with van der Waals surface area (Å²) in [4.78, 5) is 11.8. The van der Waals surface area contributed by atoms with Gasteiger partial charge in [0.15, 0.2) is 0 Å². The predicted octanol–water partition coefficient (Wildman–Crippen LogP) is 3.68. The molecule has 1 N–H and O–H groups in total. The van der Waals surface area contributed by atoms with E-state index in [0.717, 1.165) is 5.56 Å². The number of esters is 1. The SMILES string of the molecule is Cc1ccc(OC(=O)c2ccc(Br)cc2O)cc1. The first-order chi connectivity index (χ1) is 8.56. The third-order valence-electron chi connectivity index (χ3n) is 2.41. The maximum Gasteiger partial charge on any atom is 0.347 e. The molecule has 0 bridgehead atoms. The molecule has 0 aliphatic heterocycles. The molecule has 0 amide bonds. The van der Waals surface area contributed by atoms with E-state index in [1.165, 1.54) is 12.1 Å². The molecule has 0 atom stereocenters. The summed E-state index contributed by atoms with van der Waals surface area (Å²) in [6.07, 6.45) is 0. The van der Waals surface area contributed by atoms with Gasteiger partial charge < -0.3 is 9.84 Å². The highest BCUT2D eigenvalue weighted by molar-refractivity contribution is 9.10. The number of hydrogen-bond acceptors (Lipinski definition) is 3. The Morgan fingerprint density at radius 3 is 2.44 bits per heavy atom. The van der Waals surface area contributed by atoms with Crippen LogP contribution in [-0.4, -0.2) is 11.1 Å². The van der Waals surface area contributed by atoms with Crippen LogP contribution in [0.4, 0.5) is 0 Å². The molecular formula is C14H11BrO3. The molecule has 92 valence electrons. The largest absolute Gasteiger partial charge is 0.507 e. The second-order valence-electron chi connectivity index (χ2n) is 3.86. The van der Waals surface area contributed by atoms with E-state index in [2.05, 4.69) is 15.9 Å². The van der Waals surface area contributed by atoms with Crippen LogP contribution in [0, 0.1) is 6.92 Å². The molecule has 0 saturated heterocycles. The van der Waals surface area contributed by atoms with Crippen molar-refractivity contribution in [3.63, 3.8) is 0 Å². The normalized spacial score (nSPS) is 10.1. The van der Waals surface area contributed by atoms with Crippen molar-refractivity contribution in [2.45, 2.75) is 6.92 Å². The van der Waals surface area contributed by atoms with Crippen LogP contribution in [0.3, 0.4) is 0 Å². The van der Waals surface area contributed by atoms with Crippen molar-refractivity contribution in [1.29, 1.82) is 0 Å². The van der Waals surface area contributed by atoms with Gasteiger partial charge in [-0.1, -0.05) is 33.6 Å². The number of phenolic OH excluding ortho intramolecular Hbond substituents is 1. The molecule has 2 rings (SSSR count). The monoisotopic (exact) mass is 306 g/mol. The smallest absolute Gasteiger partial charge is 0.347 e. The number of halogens is 1. The summed E-state index contributed by atoms with van der Waals surface area (Å²) in [6.45, 7) is 1.95. The van der Waals surface area contributed by atoms with Crippen LogP contribution in [0.1, 0.15) is 15.9 Å². The number of hydrogen-bond donors (Lipinski definition) is 1. The van der Waals surface area contributed by atoms with Gasteiger partial charge in [0.05, 0.1) is 0 Å². The number of rotatable bonds is 2. The Morgan fingerprint density at radius 1 is 1.17 bits per heavy atom. The van der Waals surface area contributed by atoms with E-state index in [4.69, 9.17) is 4.74 Å². The highest BCUT2D eigenvalue weighted by Crippen LogP contribution is 2.24. The number of aromatic hydroxyl groups is 1. The van der Waals surface area contributed by atoms with Gasteiger partial charge >= 0.3 is 5.97 Å². The van der Waals surface area contributed by atoms with Crippen LogP contribution in [0.2, 0.25) is 0 Å². The topological polar surface area (TPSA) is 46.5 Å². The molecule has 0 heterocycles. The van der Waals surface area contributed by atoms with Gasteiger partial charge in [-0.15, -0.1) is 0 Å². The van der Waals surface area contributed by atoms with E-state index in [9.17, 15) is 9.90 Å². The molecule has 0 aliphatic rings. The fraction of sp³-hybridized carbons (Fsp3) is 0.0714. The fourth-order valence-corrected chi connectivity index (χ4v) is 1.79. The number of phenols is 1. The summed E-state index contributed by atoms with van der Waals surface area (Å²) < 4.78 is 5.86. The van der Waals surface area contributed by atoms with E-state index >= 15 is 0 Å². The van der Waals surface area contributed by atoms with Gasteiger partial charge in [0.25, 0.3) is 0 Å². The summed E-state index contributed by atoms with van der Waals surface area (Å²) in [6, 6.07) is 11.8. The van der Waals surface area contributed by atoms with Gasteiger partial charge in [0.1, 0.15) is 17.1 Å². The molecule has 3 nitrogen and oxygen atoms in total. The second kappa shape index (κ2) is 5.23. The predicted molar refractivity (Wildman–Crippen MR) is 71.9 cm³/mol. The number of carbonyl (C=O) groups is 1. The third-order valence-corrected chi connectivity index (χ3v) is 2.90. The van der Waals surface area contributed by atoms with Gasteiger partial charge in [-0.3, -0.25) is 0 Å². The van der Waals surface area contributed by atoms with E-state index < -0.39 is 5.97 Å². The molecule has 4 heteroatoms. The Labute approximate surface area is 113 Å². The summed E-state index contributed by atoms with van der Waals surface area (Å²) >= 11 is 3.21. The van der Waals surface area contributed by atoms with Gasteiger partial charge in [-0.25, -0.2) is 4.79 Å². The van der Waals surface area contributed by atoms with E-state index in [1.54, 1.807) is 18.2 Å². The third kappa shape index (κ3) is 2.90. The van der Waals surface area contributed by atoms with Crippen LogP contribution in [0.5, 0.6) is 11.5 Å². The number of benzene rings is 2. The van der Waals surface area contributed by atoms with E-state index in [1.807, 2.05) is 19.1 Å². The molecule has 0 spiro atoms. The lowest BCUT2D eigenvalue weighted by molar-refractivity contribution is 0.0731. The lowest BCUT2D eigenvalue weighted by atomic mass is 10.2. The van der Waals surface area contributed by atoms with Crippen molar-refractivity contribution < 1.29 is 14.6 Å². The minimum absolute atomic E-state index is 0.110. The van der Waals surface area contributed by atoms with Crippen molar-refractivity contribution in [3.8, 4) is 11.5 Å². The van der Waals surface area contributed by atoms with Crippen molar-refractivity contribution in [3.05, 3.63) is 58.1 Å². The second-order valence-corrected chi connectivity index (χ2v) is 4.78. The Bertz CT molecular complexity index is 576. The molecule has 0 saturated carbocycles. The molecule has 0 radical (unpaired) electrons. The Kier molecular flexibility index (Phi) is 3.67. The van der Waals surface area contributed by atoms with Gasteiger partial charge in [-0.05, 0) is 37.3 Å². The minimum atomic E-state index is -0.580. The average molecular weight is 307 g/mol. The fourth-order valence-electron chi connectivity index (χ4n) is 1.45. The first-order valence-corrected chi connectivity index (χ1v) is 6.13. The van der Waals surface area contributed by atoms with Gasteiger partial charge in [-0.2, -0.15) is 0 Å². The Hall–Kier alpha value is -1.81. The Balaban J connectivity index is 2.19. The molecular weight excluding hydrogens is 296 g/mol. The number of carbonyl (C=O) groups excluding carboxylic acids is 1. The highest BCUT2D eigenvalue weighted by Gasteiger charge is 2.13. The molecule has 0 fully saturated rings. The van der Waals surface area contributed by atoms with Crippen molar-refractivity contribution in [2.24, 2.45) is 0 Å². The van der Waals surface area contributed by atoms with Gasteiger partial charge in [0.2, 0.25) is 0 Å². The zero-order valence-electron chi connectivity index (χ0n) is 9.68. The van der Waals surface area contributed by atoms with E-state index in [0.29, 0.717) is 10.2 Å². The van der Waals surface area contributed by atoms with Crippen molar-refractivity contribution in [2.75, 3.05) is 0 Å². The van der Waals surface area contributed by atoms with Crippen LogP contribution in [0.25, 0.3) is 0 Å². The summed E-state index contributed by atoms with van der Waals surface area (Å²) in [5.41, 5.74) is 1.22. The molecule has 2 aromatic carbocycles. The molecule has 18 heavy (non-hydrogen) atoms. The van der Waals surface area contributed by atoms with Gasteiger partial charge in [0, 0.05) is 4.47 Å². The molecule has 0 aliphatic carbocycles. The summed E-state index contributed by atoms with van der Waals surface area (Å²) in [5, 5.41) is 9.65. The van der Waals surface area contributed by atoms with Crippen LogP contribution in [-0.2, 0) is 0 Å². The van der Waals surface area contributed by atoms with Crippen LogP contribution < -0.4 is 4.74 Å². The maximum atomic E-state index is 11.8. The first kappa shape index (κ1) is 12.6. The van der Waals surface area contributed by atoms with Crippen molar-refractivity contribution in [1.82, 2.24) is 0 Å². The quantitative estimate of drug-likeness (QED) is 0.680. The summed E-state index contributed by atoms with van der Waals surface area (Å²) in [7, 11) is 0. The lowest BCUT2D eigenvalue weighted by Gasteiger charge is -2.06. The molecule has 0 unspecified atom stereocenters. The van der Waals surface area contributed by atoms with Crippen LogP contribution >= 0.6 is 15.9 Å². The molecule has 2 aromatic rings. The zero-order chi connectivity index (χ0) is 13.1. The van der Waals surface area contributed by atoms with E-state index in [-0.39, 0.29) is 11.3 Å². The first-order valence-electron chi connectivity index (χ1n) is 5.33. The minimum Gasteiger partial charge on any atom is -0.507 e. The average Bonchev–Trinajstić information content (AvgIpc) is 2.32. The highest BCUT2D eigenvalue weighted by atomic mass is 79.9. The van der Waals surface area contributed by atoms with Crippen LogP contribution in [0.15, 0.2) is 46.9 Å². The lowest BCUT2D eigenvalue weighted by Crippen LogP contribution is -2.08. The zero-order valence-corrected chi connectivity index (χ0v) is 11.3. The summed E-state index contributed by atoms with van der Waals surface area (Å²) in [5.74, 6) is -0.238. The molecule has 0 aromatic heterocycles. The number of ether oxygens (including phenoxy) is 1. The maximum absolute atomic E-state index is 11.8. The standard InChI is InChI=1S/C14H11BrO3/c1-9-2-5-11(6-3-9)18-14(17)12-7-4-10(15)8-13(12)16/h2-8,16H,1H3. The Morgan fingerprint density at radius 2 is 1.83 bits per heavy atom. The number of aryl methyl sites for hydroxylation is 1. The van der Waals surface area contributed by atoms with Crippen molar-refractivity contribution >= 4 is 21.9 Å².